The molecule has 3 saturated heterocycles. The van der Waals surface area contributed by atoms with E-state index in [1.807, 2.05) is 0 Å². The first-order valence-electron chi connectivity index (χ1n) is 11.6. The molecule has 30 heavy (non-hydrogen) atoms. The molecule has 1 N–H and O–H groups in total. The highest BCUT2D eigenvalue weighted by molar-refractivity contribution is 14.0. The second kappa shape index (κ2) is 11.1. The minimum Gasteiger partial charge on any atom is -0.381 e. The van der Waals surface area contributed by atoms with Crippen LogP contribution in [0.3, 0.4) is 0 Å². The number of nitrogens with one attached hydrogen (secondary N) is 1. The predicted octanol–water partition coefficient (Wildman–Crippen LogP) is 4.11. The van der Waals surface area contributed by atoms with E-state index in [4.69, 9.17) is 9.73 Å². The van der Waals surface area contributed by atoms with Crippen LogP contribution in [0.5, 0.6) is 0 Å². The van der Waals surface area contributed by atoms with Crippen molar-refractivity contribution >= 4 is 29.9 Å². The van der Waals surface area contributed by atoms with Crippen molar-refractivity contribution in [1.82, 2.24) is 15.1 Å². The molecule has 1 atom stereocenters. The number of piperidine rings is 1. The molecule has 4 rings (SSSR count). The number of halogens is 1. The van der Waals surface area contributed by atoms with Crippen LogP contribution in [0.15, 0.2) is 29.3 Å². The largest absolute Gasteiger partial charge is 0.381 e. The first-order chi connectivity index (χ1) is 14.2. The number of benzene rings is 1. The number of likely N-dealkylation sites (tertiary alicyclic amines) is 2. The van der Waals surface area contributed by atoms with Gasteiger partial charge in [0.05, 0.1) is 13.2 Å². The maximum atomic E-state index is 5.70. The number of aliphatic imine (C=N–C) groups is 1. The Hall–Kier alpha value is -0.860. The second-order valence-corrected chi connectivity index (χ2v) is 9.37. The summed E-state index contributed by atoms with van der Waals surface area (Å²) in [6.45, 7) is 13.7. The van der Waals surface area contributed by atoms with Crippen LogP contribution in [0.1, 0.15) is 50.7 Å². The summed E-state index contributed by atoms with van der Waals surface area (Å²) in [5, 5.41) is 3.53. The van der Waals surface area contributed by atoms with Gasteiger partial charge < -0.3 is 15.0 Å². The summed E-state index contributed by atoms with van der Waals surface area (Å²) in [6, 6.07) is 8.87. The summed E-state index contributed by atoms with van der Waals surface area (Å²) in [5.74, 6) is 1.95. The number of rotatable bonds is 5. The topological polar surface area (TPSA) is 40.1 Å². The van der Waals surface area contributed by atoms with Gasteiger partial charge in [0.2, 0.25) is 0 Å². The van der Waals surface area contributed by atoms with Gasteiger partial charge in [-0.3, -0.25) is 4.90 Å². The Bertz CT molecular complexity index is 696. The molecule has 0 amide bonds. The molecule has 3 aliphatic rings. The van der Waals surface area contributed by atoms with Gasteiger partial charge in [0.25, 0.3) is 0 Å². The fourth-order valence-corrected chi connectivity index (χ4v) is 5.00. The maximum Gasteiger partial charge on any atom is 0.194 e. The predicted molar refractivity (Wildman–Crippen MR) is 134 cm³/mol. The van der Waals surface area contributed by atoms with Gasteiger partial charge in [0.15, 0.2) is 5.96 Å². The fraction of sp³-hybridized carbons (Fsp3) is 0.708. The van der Waals surface area contributed by atoms with Gasteiger partial charge >= 0.3 is 0 Å². The average molecular weight is 527 g/mol. The summed E-state index contributed by atoms with van der Waals surface area (Å²) in [5.41, 5.74) is 3.16. The normalized spacial score (nSPS) is 25.7. The summed E-state index contributed by atoms with van der Waals surface area (Å²) < 4.78 is 5.70. The molecular formula is C24H39IN4O. The van der Waals surface area contributed by atoms with Crippen LogP contribution >= 0.6 is 24.0 Å². The van der Waals surface area contributed by atoms with E-state index >= 15 is 0 Å². The van der Waals surface area contributed by atoms with Gasteiger partial charge in [-0.2, -0.15) is 0 Å². The smallest absolute Gasteiger partial charge is 0.194 e. The van der Waals surface area contributed by atoms with Crippen LogP contribution < -0.4 is 5.32 Å². The van der Waals surface area contributed by atoms with Gasteiger partial charge in [-0.1, -0.05) is 31.2 Å². The van der Waals surface area contributed by atoms with Crippen molar-refractivity contribution in [3.05, 3.63) is 35.4 Å². The SMILES string of the molecule is CCNC(=NCc1ccccc1CN1CCC(C)CC1)N1CCC2(CCOC2)C1.I. The lowest BCUT2D eigenvalue weighted by molar-refractivity contribution is 0.156. The van der Waals surface area contributed by atoms with Crippen LogP contribution in [-0.4, -0.2) is 61.7 Å². The Morgan fingerprint density at radius 1 is 1.17 bits per heavy atom. The Morgan fingerprint density at radius 2 is 1.93 bits per heavy atom. The first kappa shape index (κ1) is 23.8. The van der Waals surface area contributed by atoms with E-state index < -0.39 is 0 Å². The molecule has 5 nitrogen and oxygen atoms in total. The van der Waals surface area contributed by atoms with Crippen LogP contribution in [0.25, 0.3) is 0 Å². The van der Waals surface area contributed by atoms with E-state index in [0.717, 1.165) is 57.8 Å². The van der Waals surface area contributed by atoms with Crippen LogP contribution in [-0.2, 0) is 17.8 Å². The molecule has 3 aliphatic heterocycles. The first-order valence-corrected chi connectivity index (χ1v) is 11.6. The van der Waals surface area contributed by atoms with Gasteiger partial charge in [0, 0.05) is 38.2 Å². The number of ether oxygens (including phenoxy) is 1. The summed E-state index contributed by atoms with van der Waals surface area (Å²) in [4.78, 5) is 10.1. The molecule has 3 heterocycles. The highest BCUT2D eigenvalue weighted by Gasteiger charge is 2.42. The Morgan fingerprint density at radius 3 is 2.63 bits per heavy atom. The molecule has 0 radical (unpaired) electrons. The van der Waals surface area contributed by atoms with Crippen LogP contribution in [0.4, 0.5) is 0 Å². The van der Waals surface area contributed by atoms with E-state index in [2.05, 4.69) is 53.2 Å². The molecule has 1 unspecified atom stereocenters. The van der Waals surface area contributed by atoms with Crippen molar-refractivity contribution in [3.8, 4) is 0 Å². The molecule has 1 spiro atoms. The number of guanidine groups is 1. The zero-order chi connectivity index (χ0) is 20.1. The van der Waals surface area contributed by atoms with Gasteiger partial charge in [-0.05, 0) is 62.7 Å². The zero-order valence-corrected chi connectivity index (χ0v) is 21.1. The Labute approximate surface area is 199 Å². The van der Waals surface area contributed by atoms with Crippen molar-refractivity contribution < 1.29 is 4.74 Å². The van der Waals surface area contributed by atoms with Crippen molar-refractivity contribution in [3.63, 3.8) is 0 Å². The molecule has 6 heteroatoms. The standard InChI is InChI=1S/C24H38N4O.HI/c1-3-25-23(28-14-10-24(18-28)11-15-29-19-24)26-16-21-6-4-5-7-22(21)17-27-12-8-20(2)9-13-27;/h4-7,20H,3,8-19H2,1-2H3,(H,25,26);1H. The fourth-order valence-electron chi connectivity index (χ4n) is 5.00. The third-order valence-electron chi connectivity index (χ3n) is 7.05. The van der Waals surface area contributed by atoms with Gasteiger partial charge in [0.1, 0.15) is 0 Å². The molecular weight excluding hydrogens is 487 g/mol. The van der Waals surface area contributed by atoms with E-state index in [-0.39, 0.29) is 24.0 Å². The third kappa shape index (κ3) is 5.88. The summed E-state index contributed by atoms with van der Waals surface area (Å²) >= 11 is 0. The molecule has 0 aliphatic carbocycles. The van der Waals surface area contributed by atoms with Crippen molar-refractivity contribution in [2.24, 2.45) is 16.3 Å². The van der Waals surface area contributed by atoms with Gasteiger partial charge in [-0.25, -0.2) is 4.99 Å². The minimum atomic E-state index is 0. The average Bonchev–Trinajstić information content (AvgIpc) is 3.38. The zero-order valence-electron chi connectivity index (χ0n) is 18.7. The molecule has 0 saturated carbocycles. The monoisotopic (exact) mass is 526 g/mol. The molecule has 1 aromatic carbocycles. The maximum absolute atomic E-state index is 5.70. The van der Waals surface area contributed by atoms with Crippen LogP contribution in [0, 0.1) is 11.3 Å². The lowest BCUT2D eigenvalue weighted by atomic mass is 9.87. The number of hydrogen-bond acceptors (Lipinski definition) is 3. The Balaban J connectivity index is 0.00000256. The van der Waals surface area contributed by atoms with Crippen molar-refractivity contribution in [1.29, 1.82) is 0 Å². The van der Waals surface area contributed by atoms with E-state index in [0.29, 0.717) is 5.41 Å². The highest BCUT2D eigenvalue weighted by Crippen LogP contribution is 2.38. The second-order valence-electron chi connectivity index (χ2n) is 9.37. The van der Waals surface area contributed by atoms with E-state index in [9.17, 15) is 0 Å². The van der Waals surface area contributed by atoms with Gasteiger partial charge in [-0.15, -0.1) is 24.0 Å². The molecule has 1 aromatic rings. The molecule has 168 valence electrons. The lowest BCUT2D eigenvalue weighted by Crippen LogP contribution is -2.41. The molecule has 0 aromatic heterocycles. The molecule has 0 bridgehead atoms. The highest BCUT2D eigenvalue weighted by atomic mass is 127. The summed E-state index contributed by atoms with van der Waals surface area (Å²) in [7, 11) is 0. The number of hydrogen-bond donors (Lipinski definition) is 1. The van der Waals surface area contributed by atoms with Crippen molar-refractivity contribution in [2.75, 3.05) is 45.9 Å². The molecule has 3 fully saturated rings. The third-order valence-corrected chi connectivity index (χ3v) is 7.05. The van der Waals surface area contributed by atoms with E-state index in [1.54, 1.807) is 0 Å². The minimum absolute atomic E-state index is 0. The quantitative estimate of drug-likeness (QED) is 0.356. The van der Waals surface area contributed by atoms with E-state index in [1.165, 1.54) is 49.9 Å². The summed E-state index contributed by atoms with van der Waals surface area (Å²) in [6.07, 6.45) is 5.07. The Kier molecular flexibility index (Phi) is 8.83. The van der Waals surface area contributed by atoms with Crippen LogP contribution in [0.2, 0.25) is 0 Å². The number of nitrogens with zero attached hydrogens (tertiary/aromatic N) is 3. The lowest BCUT2D eigenvalue weighted by Gasteiger charge is -2.30. The van der Waals surface area contributed by atoms with Crippen molar-refractivity contribution in [2.45, 2.75) is 52.6 Å².